The van der Waals surface area contributed by atoms with E-state index in [1.807, 2.05) is 6.26 Å². The minimum Gasteiger partial charge on any atom is -0.478 e. The van der Waals surface area contributed by atoms with Gasteiger partial charge < -0.3 is 10.4 Å². The summed E-state index contributed by atoms with van der Waals surface area (Å²) in [5.41, 5.74) is 0.840. The van der Waals surface area contributed by atoms with Crippen LogP contribution < -0.4 is 5.32 Å². The Morgan fingerprint density at radius 3 is 2.93 bits per heavy atom. The molecule has 2 N–H and O–H groups in total. The Bertz CT molecular complexity index is 410. The molecule has 0 heterocycles. The number of aromatic carboxylic acids is 1. The lowest BCUT2D eigenvalue weighted by molar-refractivity contribution is 0.0694. The van der Waals surface area contributed by atoms with Crippen molar-refractivity contribution in [2.45, 2.75) is 4.90 Å². The highest BCUT2D eigenvalue weighted by Gasteiger charge is 2.14. The lowest BCUT2D eigenvalue weighted by Crippen LogP contribution is -2.07. The molecule has 4 heteroatoms. The fourth-order valence-electron chi connectivity index (χ4n) is 1.22. The third-order valence-corrected chi connectivity index (χ3v) is 2.62. The van der Waals surface area contributed by atoms with Crippen LogP contribution in [0.2, 0.25) is 0 Å². The SMILES string of the molecule is C#CCNc1cccc(SC)c1C(=O)O. The highest BCUT2D eigenvalue weighted by molar-refractivity contribution is 7.98. The summed E-state index contributed by atoms with van der Waals surface area (Å²) in [5, 5.41) is 12.0. The average Bonchev–Trinajstić information content (AvgIpc) is 2.25. The minimum absolute atomic E-state index is 0.278. The molecule has 0 unspecified atom stereocenters. The first-order chi connectivity index (χ1) is 7.20. The number of carboxylic acids is 1. The van der Waals surface area contributed by atoms with E-state index >= 15 is 0 Å². The van der Waals surface area contributed by atoms with Gasteiger partial charge in [-0.15, -0.1) is 18.2 Å². The quantitative estimate of drug-likeness (QED) is 0.604. The summed E-state index contributed by atoms with van der Waals surface area (Å²) in [4.78, 5) is 11.8. The van der Waals surface area contributed by atoms with Gasteiger partial charge in [0.05, 0.1) is 17.8 Å². The Morgan fingerprint density at radius 2 is 2.40 bits per heavy atom. The van der Waals surface area contributed by atoms with E-state index in [1.165, 1.54) is 11.8 Å². The van der Waals surface area contributed by atoms with E-state index in [0.717, 1.165) is 4.90 Å². The topological polar surface area (TPSA) is 49.3 Å². The number of hydrogen-bond acceptors (Lipinski definition) is 3. The molecule has 78 valence electrons. The standard InChI is InChI=1S/C11H11NO2S/c1-3-7-12-8-5-4-6-9(15-2)10(8)11(13)14/h1,4-6,12H,7H2,2H3,(H,13,14). The number of carboxylic acid groups (broad SMARTS) is 1. The van der Waals surface area contributed by atoms with Crippen LogP contribution in [0.3, 0.4) is 0 Å². The molecule has 15 heavy (non-hydrogen) atoms. The molecule has 0 aliphatic heterocycles. The molecular weight excluding hydrogens is 210 g/mol. The molecule has 0 spiro atoms. The molecule has 0 saturated carbocycles. The van der Waals surface area contributed by atoms with Gasteiger partial charge in [0.15, 0.2) is 0 Å². The maximum Gasteiger partial charge on any atom is 0.338 e. The Balaban J connectivity index is 3.14. The summed E-state index contributed by atoms with van der Waals surface area (Å²) >= 11 is 1.40. The maximum atomic E-state index is 11.1. The van der Waals surface area contributed by atoms with Crippen molar-refractivity contribution in [2.75, 3.05) is 18.1 Å². The first-order valence-corrected chi connectivity index (χ1v) is 5.50. The molecule has 0 atom stereocenters. The number of nitrogens with one attached hydrogen (secondary N) is 1. The van der Waals surface area contributed by atoms with E-state index in [-0.39, 0.29) is 5.56 Å². The molecular formula is C11H11NO2S. The Hall–Kier alpha value is -1.60. The van der Waals surface area contributed by atoms with Gasteiger partial charge in [0.1, 0.15) is 0 Å². The van der Waals surface area contributed by atoms with Crippen LogP contribution in [0.15, 0.2) is 23.1 Å². The molecule has 3 nitrogen and oxygen atoms in total. The third kappa shape index (κ3) is 2.67. The van der Waals surface area contributed by atoms with Crippen molar-refractivity contribution in [2.24, 2.45) is 0 Å². The molecule has 1 aromatic rings. The molecule has 1 rings (SSSR count). The summed E-state index contributed by atoms with van der Waals surface area (Å²) in [6.45, 7) is 0.318. The van der Waals surface area contributed by atoms with E-state index < -0.39 is 5.97 Å². The lowest BCUT2D eigenvalue weighted by Gasteiger charge is -2.10. The van der Waals surface area contributed by atoms with Crippen molar-refractivity contribution in [3.05, 3.63) is 23.8 Å². The normalized spacial score (nSPS) is 9.33. The van der Waals surface area contributed by atoms with Crippen molar-refractivity contribution in [1.29, 1.82) is 0 Å². The Morgan fingerprint density at radius 1 is 1.67 bits per heavy atom. The molecule has 0 aliphatic rings. The second-order valence-electron chi connectivity index (χ2n) is 2.75. The first kappa shape index (κ1) is 11.5. The van der Waals surface area contributed by atoms with Crippen LogP contribution in [0.5, 0.6) is 0 Å². The third-order valence-electron chi connectivity index (χ3n) is 1.84. The predicted octanol–water partition coefficient (Wildman–Crippen LogP) is 2.15. The van der Waals surface area contributed by atoms with E-state index in [4.69, 9.17) is 11.5 Å². The van der Waals surface area contributed by atoms with Crippen molar-refractivity contribution >= 4 is 23.4 Å². The highest BCUT2D eigenvalue weighted by atomic mass is 32.2. The van der Waals surface area contributed by atoms with Crippen LogP contribution in [0, 0.1) is 12.3 Å². The van der Waals surface area contributed by atoms with Crippen LogP contribution in [-0.2, 0) is 0 Å². The first-order valence-electron chi connectivity index (χ1n) is 4.28. The zero-order valence-electron chi connectivity index (χ0n) is 8.28. The number of terminal acetylenes is 1. The number of rotatable bonds is 4. The Labute approximate surface area is 92.9 Å². The van der Waals surface area contributed by atoms with Gasteiger partial charge in [0.25, 0.3) is 0 Å². The predicted molar refractivity (Wildman–Crippen MR) is 62.5 cm³/mol. The van der Waals surface area contributed by atoms with Crippen LogP contribution in [-0.4, -0.2) is 23.9 Å². The summed E-state index contributed by atoms with van der Waals surface area (Å²) < 4.78 is 0. The van der Waals surface area contributed by atoms with Crippen molar-refractivity contribution in [1.82, 2.24) is 0 Å². The zero-order valence-corrected chi connectivity index (χ0v) is 9.10. The van der Waals surface area contributed by atoms with Gasteiger partial charge in [-0.25, -0.2) is 4.79 Å². The summed E-state index contributed by atoms with van der Waals surface area (Å²) in [6, 6.07) is 5.28. The number of benzene rings is 1. The van der Waals surface area contributed by atoms with Gasteiger partial charge in [-0.2, -0.15) is 0 Å². The fraction of sp³-hybridized carbons (Fsp3) is 0.182. The van der Waals surface area contributed by atoms with Crippen LogP contribution in [0.25, 0.3) is 0 Å². The van der Waals surface area contributed by atoms with Gasteiger partial charge in [-0.3, -0.25) is 0 Å². The monoisotopic (exact) mass is 221 g/mol. The molecule has 0 bridgehead atoms. The molecule has 0 aliphatic carbocycles. The largest absolute Gasteiger partial charge is 0.478 e. The molecule has 0 amide bonds. The maximum absolute atomic E-state index is 11.1. The van der Waals surface area contributed by atoms with Gasteiger partial charge in [-0.05, 0) is 18.4 Å². The smallest absolute Gasteiger partial charge is 0.338 e. The van der Waals surface area contributed by atoms with Crippen molar-refractivity contribution < 1.29 is 9.90 Å². The Kier molecular flexibility index (Phi) is 4.07. The van der Waals surface area contributed by atoms with Crippen LogP contribution >= 0.6 is 11.8 Å². The second kappa shape index (κ2) is 5.32. The van der Waals surface area contributed by atoms with Gasteiger partial charge in [0.2, 0.25) is 0 Å². The number of thioether (sulfide) groups is 1. The molecule has 0 aromatic heterocycles. The van der Waals surface area contributed by atoms with E-state index in [9.17, 15) is 4.79 Å². The van der Waals surface area contributed by atoms with Crippen LogP contribution in [0.1, 0.15) is 10.4 Å². The van der Waals surface area contributed by atoms with E-state index in [1.54, 1.807) is 18.2 Å². The molecule has 0 fully saturated rings. The minimum atomic E-state index is -0.945. The second-order valence-corrected chi connectivity index (χ2v) is 3.59. The van der Waals surface area contributed by atoms with Gasteiger partial charge >= 0.3 is 5.97 Å². The fourth-order valence-corrected chi connectivity index (χ4v) is 1.83. The van der Waals surface area contributed by atoms with E-state index in [2.05, 4.69) is 11.2 Å². The van der Waals surface area contributed by atoms with Crippen molar-refractivity contribution in [3.63, 3.8) is 0 Å². The van der Waals surface area contributed by atoms with Crippen molar-refractivity contribution in [3.8, 4) is 12.3 Å². The average molecular weight is 221 g/mol. The summed E-state index contributed by atoms with van der Waals surface area (Å²) in [5.74, 6) is 1.46. The molecule has 1 aromatic carbocycles. The number of carbonyl (C=O) groups is 1. The molecule has 0 radical (unpaired) electrons. The molecule has 0 saturated heterocycles. The summed E-state index contributed by atoms with van der Waals surface area (Å²) in [6.07, 6.45) is 6.95. The highest BCUT2D eigenvalue weighted by Crippen LogP contribution is 2.26. The lowest BCUT2D eigenvalue weighted by atomic mass is 10.2. The van der Waals surface area contributed by atoms with E-state index in [0.29, 0.717) is 12.2 Å². The van der Waals surface area contributed by atoms with Gasteiger partial charge in [0, 0.05) is 4.90 Å². The number of hydrogen-bond donors (Lipinski definition) is 2. The summed E-state index contributed by atoms with van der Waals surface area (Å²) in [7, 11) is 0. The van der Waals surface area contributed by atoms with Gasteiger partial charge in [-0.1, -0.05) is 12.0 Å². The number of anilines is 1. The van der Waals surface area contributed by atoms with Crippen LogP contribution in [0.4, 0.5) is 5.69 Å². The zero-order chi connectivity index (χ0) is 11.3.